The van der Waals surface area contributed by atoms with Crippen LogP contribution >= 0.6 is 11.3 Å². The van der Waals surface area contributed by atoms with Gasteiger partial charge in [0.1, 0.15) is 5.01 Å². The molecule has 0 unspecified atom stereocenters. The summed E-state index contributed by atoms with van der Waals surface area (Å²) in [6.07, 6.45) is -2.66. The number of carbonyl (C=O) groups excluding carboxylic acids is 1. The van der Waals surface area contributed by atoms with E-state index in [1.54, 1.807) is 24.4 Å². The molecule has 0 aliphatic carbocycles. The number of hydrogen-bond donors (Lipinski definition) is 2. The summed E-state index contributed by atoms with van der Waals surface area (Å²) >= 11 is 1.46. The summed E-state index contributed by atoms with van der Waals surface area (Å²) in [5.41, 5.74) is 1.35. The van der Waals surface area contributed by atoms with Crippen LogP contribution in [-0.2, 0) is 4.79 Å². The van der Waals surface area contributed by atoms with Crippen LogP contribution in [0.4, 0.5) is 18.9 Å². The Morgan fingerprint density at radius 3 is 2.81 bits per heavy atom. The number of amides is 1. The van der Waals surface area contributed by atoms with E-state index in [9.17, 15) is 18.0 Å². The number of aromatic nitrogens is 1. The molecule has 21 heavy (non-hydrogen) atoms. The van der Waals surface area contributed by atoms with Gasteiger partial charge in [-0.1, -0.05) is 12.1 Å². The molecule has 112 valence electrons. The summed E-state index contributed by atoms with van der Waals surface area (Å²) in [6, 6.07) is 6.98. The zero-order valence-corrected chi connectivity index (χ0v) is 11.6. The second-order valence-electron chi connectivity index (χ2n) is 4.18. The monoisotopic (exact) mass is 315 g/mol. The van der Waals surface area contributed by atoms with Crippen molar-refractivity contribution in [1.82, 2.24) is 10.3 Å². The van der Waals surface area contributed by atoms with Gasteiger partial charge in [0.25, 0.3) is 0 Å². The summed E-state index contributed by atoms with van der Waals surface area (Å²) < 4.78 is 35.8. The van der Waals surface area contributed by atoms with E-state index in [0.29, 0.717) is 5.69 Å². The van der Waals surface area contributed by atoms with E-state index in [0.717, 1.165) is 10.6 Å². The van der Waals surface area contributed by atoms with Crippen LogP contribution in [0.25, 0.3) is 10.6 Å². The Morgan fingerprint density at radius 1 is 1.33 bits per heavy atom. The largest absolute Gasteiger partial charge is 0.401 e. The van der Waals surface area contributed by atoms with E-state index < -0.39 is 25.2 Å². The molecule has 0 saturated carbocycles. The summed E-state index contributed by atoms with van der Waals surface area (Å²) in [7, 11) is 0. The number of halogens is 3. The van der Waals surface area contributed by atoms with Crippen LogP contribution < -0.4 is 10.6 Å². The second-order valence-corrected chi connectivity index (χ2v) is 5.08. The van der Waals surface area contributed by atoms with Crippen molar-refractivity contribution in [3.05, 3.63) is 35.8 Å². The molecule has 0 saturated heterocycles. The van der Waals surface area contributed by atoms with Gasteiger partial charge in [-0.15, -0.1) is 11.3 Å². The Labute approximate surface area is 123 Å². The second kappa shape index (κ2) is 6.68. The molecule has 0 fully saturated rings. The van der Waals surface area contributed by atoms with Gasteiger partial charge < -0.3 is 10.6 Å². The normalized spacial score (nSPS) is 11.4. The van der Waals surface area contributed by atoms with E-state index in [4.69, 9.17) is 0 Å². The van der Waals surface area contributed by atoms with E-state index >= 15 is 0 Å². The van der Waals surface area contributed by atoms with Crippen LogP contribution in [0.1, 0.15) is 0 Å². The number of nitrogens with zero attached hydrogens (tertiary/aromatic N) is 1. The van der Waals surface area contributed by atoms with Crippen molar-refractivity contribution in [2.45, 2.75) is 6.18 Å². The summed E-state index contributed by atoms with van der Waals surface area (Å²) in [6.45, 7) is -1.60. The molecule has 0 atom stereocenters. The van der Waals surface area contributed by atoms with Gasteiger partial charge in [-0.25, -0.2) is 4.98 Å². The van der Waals surface area contributed by atoms with Crippen LogP contribution in [0.15, 0.2) is 35.8 Å². The van der Waals surface area contributed by atoms with Gasteiger partial charge in [-0.2, -0.15) is 13.2 Å². The molecular weight excluding hydrogens is 303 g/mol. The van der Waals surface area contributed by atoms with Crippen LogP contribution in [0, 0.1) is 0 Å². The summed E-state index contributed by atoms with van der Waals surface area (Å²) in [5.74, 6) is -0.532. The number of thiazole rings is 1. The predicted octanol–water partition coefficient (Wildman–Crippen LogP) is 2.90. The van der Waals surface area contributed by atoms with Crippen LogP contribution in [0.3, 0.4) is 0 Å². The lowest BCUT2D eigenvalue weighted by Crippen LogP contribution is -2.35. The van der Waals surface area contributed by atoms with Crippen molar-refractivity contribution < 1.29 is 18.0 Å². The number of alkyl halides is 3. The predicted molar refractivity (Wildman–Crippen MR) is 75.1 cm³/mol. The van der Waals surface area contributed by atoms with E-state index in [-0.39, 0.29) is 0 Å². The van der Waals surface area contributed by atoms with Gasteiger partial charge in [-0.05, 0) is 12.1 Å². The fourth-order valence-electron chi connectivity index (χ4n) is 1.62. The standard InChI is InChI=1S/C13H12F3N3OS/c14-13(15,16)8-17-7-11(20)19-10-3-1-2-9(6-10)12-18-4-5-21-12/h1-6,17H,7-8H2,(H,19,20). The molecule has 1 aromatic heterocycles. The third kappa shape index (κ3) is 5.16. The third-order valence-corrected chi connectivity index (χ3v) is 3.26. The fraction of sp³-hybridized carbons (Fsp3) is 0.231. The molecule has 4 nitrogen and oxygen atoms in total. The minimum absolute atomic E-state index is 0.402. The van der Waals surface area contributed by atoms with Crippen molar-refractivity contribution in [1.29, 1.82) is 0 Å². The SMILES string of the molecule is O=C(CNCC(F)(F)F)Nc1cccc(-c2nccs2)c1. The average Bonchev–Trinajstić information content (AvgIpc) is 2.91. The molecule has 2 N–H and O–H groups in total. The maximum Gasteiger partial charge on any atom is 0.401 e. The first-order chi connectivity index (χ1) is 9.94. The Morgan fingerprint density at radius 2 is 2.14 bits per heavy atom. The fourth-order valence-corrected chi connectivity index (χ4v) is 2.25. The summed E-state index contributed by atoms with van der Waals surface area (Å²) in [5, 5.41) is 7.22. The Bertz CT molecular complexity index is 599. The van der Waals surface area contributed by atoms with Crippen LogP contribution in [0.5, 0.6) is 0 Å². The van der Waals surface area contributed by atoms with E-state index in [1.807, 2.05) is 16.8 Å². The van der Waals surface area contributed by atoms with Crippen molar-refractivity contribution in [3.8, 4) is 10.6 Å². The zero-order valence-electron chi connectivity index (χ0n) is 10.8. The minimum atomic E-state index is -4.33. The number of carbonyl (C=O) groups is 1. The molecule has 0 radical (unpaired) electrons. The Balaban J connectivity index is 1.91. The minimum Gasteiger partial charge on any atom is -0.325 e. The van der Waals surface area contributed by atoms with Gasteiger partial charge in [0.15, 0.2) is 0 Å². The number of rotatable bonds is 5. The lowest BCUT2D eigenvalue weighted by molar-refractivity contribution is -0.126. The van der Waals surface area contributed by atoms with Crippen molar-refractivity contribution in [3.63, 3.8) is 0 Å². The molecule has 2 aromatic rings. The number of benzene rings is 1. The quantitative estimate of drug-likeness (QED) is 0.892. The van der Waals surface area contributed by atoms with Crippen LogP contribution in [-0.4, -0.2) is 30.2 Å². The molecule has 1 aromatic carbocycles. The van der Waals surface area contributed by atoms with Gasteiger partial charge >= 0.3 is 6.18 Å². The van der Waals surface area contributed by atoms with Gasteiger partial charge in [0, 0.05) is 22.8 Å². The molecule has 0 aliphatic rings. The number of hydrogen-bond acceptors (Lipinski definition) is 4. The molecule has 2 rings (SSSR count). The van der Waals surface area contributed by atoms with E-state index in [2.05, 4.69) is 10.3 Å². The Hall–Kier alpha value is -1.93. The average molecular weight is 315 g/mol. The van der Waals surface area contributed by atoms with Crippen molar-refractivity contribution >= 4 is 22.9 Å². The molecule has 1 heterocycles. The van der Waals surface area contributed by atoms with Crippen LogP contribution in [0.2, 0.25) is 0 Å². The smallest absolute Gasteiger partial charge is 0.325 e. The molecule has 8 heteroatoms. The van der Waals surface area contributed by atoms with Gasteiger partial charge in [-0.3, -0.25) is 4.79 Å². The maximum absolute atomic E-state index is 11.9. The number of nitrogens with one attached hydrogen (secondary N) is 2. The lowest BCUT2D eigenvalue weighted by atomic mass is 10.2. The molecule has 0 spiro atoms. The first kappa shape index (κ1) is 15.5. The van der Waals surface area contributed by atoms with E-state index in [1.165, 1.54) is 11.3 Å². The molecular formula is C13H12F3N3OS. The third-order valence-electron chi connectivity index (χ3n) is 2.44. The highest BCUT2D eigenvalue weighted by Gasteiger charge is 2.26. The zero-order chi connectivity index (χ0) is 15.3. The first-order valence-corrected chi connectivity index (χ1v) is 6.89. The topological polar surface area (TPSA) is 54.0 Å². The van der Waals surface area contributed by atoms with Gasteiger partial charge in [0.05, 0.1) is 13.1 Å². The maximum atomic E-state index is 11.9. The molecule has 1 amide bonds. The number of anilines is 1. The highest BCUT2D eigenvalue weighted by molar-refractivity contribution is 7.13. The molecule has 0 aliphatic heterocycles. The van der Waals surface area contributed by atoms with Crippen molar-refractivity contribution in [2.24, 2.45) is 0 Å². The van der Waals surface area contributed by atoms with Crippen molar-refractivity contribution in [2.75, 3.05) is 18.4 Å². The highest BCUT2D eigenvalue weighted by Crippen LogP contribution is 2.24. The first-order valence-electron chi connectivity index (χ1n) is 6.01. The molecule has 0 bridgehead atoms. The van der Waals surface area contributed by atoms with Gasteiger partial charge in [0.2, 0.25) is 5.91 Å². The lowest BCUT2D eigenvalue weighted by Gasteiger charge is -2.09. The Kier molecular flexibility index (Phi) is 4.92. The highest BCUT2D eigenvalue weighted by atomic mass is 32.1. The summed E-state index contributed by atoms with van der Waals surface area (Å²) in [4.78, 5) is 15.7.